The van der Waals surface area contributed by atoms with Gasteiger partial charge in [-0.05, 0) is 83.5 Å². The normalized spacial score (nSPS) is 14.2. The molecule has 0 amide bonds. The van der Waals surface area contributed by atoms with Gasteiger partial charge in [-0.1, -0.05) is 142 Å². The summed E-state index contributed by atoms with van der Waals surface area (Å²) in [5, 5.41) is 9.61. The van der Waals surface area contributed by atoms with E-state index in [0.29, 0.717) is 25.7 Å². The third-order valence-corrected chi connectivity index (χ3v) is 8.70. The van der Waals surface area contributed by atoms with Gasteiger partial charge in [0.15, 0.2) is 12.1 Å². The van der Waals surface area contributed by atoms with Crippen molar-refractivity contribution >= 4 is 17.9 Å². The molecule has 0 rings (SSSR count). The average Bonchev–Trinajstić information content (AvgIpc) is 3.18. The number of esters is 2. The van der Waals surface area contributed by atoms with Crippen molar-refractivity contribution in [2.75, 3.05) is 41.0 Å². The van der Waals surface area contributed by atoms with Crippen LogP contribution in [-0.4, -0.2) is 80.6 Å². The number of carboxylic acids is 1. The summed E-state index contributed by atoms with van der Waals surface area (Å²) in [7, 11) is 5.48. The smallest absolute Gasteiger partial charge is 0.362 e. The molecule has 2 atom stereocenters. The molecule has 0 aromatic rings. The van der Waals surface area contributed by atoms with Gasteiger partial charge in [-0.3, -0.25) is 9.59 Å². The van der Waals surface area contributed by atoms with Crippen LogP contribution in [0.1, 0.15) is 123 Å². The molecule has 0 heterocycles. The first kappa shape index (κ1) is 53.7. The highest BCUT2D eigenvalue weighted by Gasteiger charge is 2.31. The van der Waals surface area contributed by atoms with Crippen molar-refractivity contribution in [2.45, 2.75) is 135 Å². The van der Waals surface area contributed by atoms with Gasteiger partial charge >= 0.3 is 17.9 Å². The van der Waals surface area contributed by atoms with E-state index in [2.05, 4.69) is 98.9 Å². The van der Waals surface area contributed by atoms with Crippen molar-refractivity contribution in [1.29, 1.82) is 0 Å². The number of likely N-dealkylation sites (N-methyl/N-ethyl adjacent to an activating group) is 1. The standard InChI is InChI=1S/C50H77NO7/c1-6-8-10-12-14-16-18-20-21-22-23-24-25-26-27-29-31-33-35-37-39-41-49(53)58-46(44-56-43-42-47(50(54)55)51(3,4)5)45-57-48(52)40-38-36-34-32-30-28-19-17-15-13-11-9-7-2/h8-11,13-17,19-21,23-24,26-28,30-31,33,46-47H,6-7,12,18,22,25,29,32,34-45H2,1-5H3/p+1/b10-8+,11-9+,15-13+,16-14+,19-17+,21-20+,24-23+,27-26+,30-28+,33-31+. The fourth-order valence-corrected chi connectivity index (χ4v) is 5.40. The van der Waals surface area contributed by atoms with E-state index >= 15 is 0 Å². The minimum atomic E-state index is -0.895. The van der Waals surface area contributed by atoms with E-state index < -0.39 is 18.1 Å². The summed E-state index contributed by atoms with van der Waals surface area (Å²) in [6.07, 6.45) is 55.4. The van der Waals surface area contributed by atoms with Gasteiger partial charge in [0.25, 0.3) is 0 Å². The molecular formula is C50H78NO7+. The maximum absolute atomic E-state index is 12.7. The van der Waals surface area contributed by atoms with Crippen LogP contribution >= 0.6 is 0 Å². The molecule has 58 heavy (non-hydrogen) atoms. The van der Waals surface area contributed by atoms with Crippen molar-refractivity contribution in [3.63, 3.8) is 0 Å². The van der Waals surface area contributed by atoms with Crippen LogP contribution in [0.5, 0.6) is 0 Å². The molecular weight excluding hydrogens is 727 g/mol. The number of aliphatic carboxylic acids is 1. The van der Waals surface area contributed by atoms with Gasteiger partial charge in [-0.25, -0.2) is 4.79 Å². The molecule has 324 valence electrons. The van der Waals surface area contributed by atoms with E-state index in [1.54, 1.807) is 0 Å². The van der Waals surface area contributed by atoms with Crippen molar-refractivity contribution in [3.8, 4) is 0 Å². The van der Waals surface area contributed by atoms with E-state index in [4.69, 9.17) is 14.2 Å². The van der Waals surface area contributed by atoms with Crippen LogP contribution in [0.4, 0.5) is 0 Å². The fourth-order valence-electron chi connectivity index (χ4n) is 5.40. The third kappa shape index (κ3) is 37.3. The maximum Gasteiger partial charge on any atom is 0.362 e. The van der Waals surface area contributed by atoms with E-state index in [9.17, 15) is 19.5 Å². The summed E-state index contributed by atoms with van der Waals surface area (Å²) in [6, 6.07) is -0.637. The van der Waals surface area contributed by atoms with Crippen molar-refractivity contribution in [1.82, 2.24) is 0 Å². The van der Waals surface area contributed by atoms with Crippen molar-refractivity contribution in [3.05, 3.63) is 122 Å². The van der Waals surface area contributed by atoms with E-state index in [1.807, 2.05) is 57.6 Å². The topological polar surface area (TPSA) is 99.1 Å². The van der Waals surface area contributed by atoms with Crippen LogP contribution in [0.2, 0.25) is 0 Å². The first-order chi connectivity index (χ1) is 28.1. The molecule has 0 saturated heterocycles. The first-order valence-corrected chi connectivity index (χ1v) is 21.6. The van der Waals surface area contributed by atoms with Gasteiger partial charge in [0.2, 0.25) is 0 Å². The number of nitrogens with zero attached hydrogens (tertiary/aromatic N) is 1. The van der Waals surface area contributed by atoms with Gasteiger partial charge in [-0.15, -0.1) is 0 Å². The van der Waals surface area contributed by atoms with Crippen LogP contribution in [0, 0.1) is 0 Å². The molecule has 8 nitrogen and oxygen atoms in total. The predicted octanol–water partition coefficient (Wildman–Crippen LogP) is 11.9. The maximum atomic E-state index is 12.7. The number of hydrogen-bond donors (Lipinski definition) is 1. The number of carbonyl (C=O) groups is 3. The first-order valence-electron chi connectivity index (χ1n) is 21.6. The lowest BCUT2D eigenvalue weighted by Gasteiger charge is -2.31. The zero-order valence-electron chi connectivity index (χ0n) is 36.7. The monoisotopic (exact) mass is 805 g/mol. The number of quaternary nitrogens is 1. The number of unbranched alkanes of at least 4 members (excludes halogenated alkanes) is 5. The molecule has 0 bridgehead atoms. The van der Waals surface area contributed by atoms with E-state index in [1.165, 1.54) is 0 Å². The fraction of sp³-hybridized carbons (Fsp3) is 0.540. The summed E-state index contributed by atoms with van der Waals surface area (Å²) in [4.78, 5) is 36.9. The number of carbonyl (C=O) groups excluding carboxylic acids is 2. The minimum absolute atomic E-state index is 0.0209. The Kier molecular flexibility index (Phi) is 36.6. The van der Waals surface area contributed by atoms with E-state index in [-0.39, 0.29) is 42.7 Å². The SMILES string of the molecule is CC/C=C/C=C/C=C/C=C/CCCCCC(=O)OCC(COCCC(C(=O)O)[N+](C)(C)C)OC(=O)CCCC/C=C/C/C=C/C/C=C/C/C=C/C/C=C/C/C=C/CC. The van der Waals surface area contributed by atoms with Crippen LogP contribution in [0.25, 0.3) is 0 Å². The zero-order valence-corrected chi connectivity index (χ0v) is 36.7. The Morgan fingerprint density at radius 2 is 1.00 bits per heavy atom. The minimum Gasteiger partial charge on any atom is -0.477 e. The average molecular weight is 805 g/mol. The second-order valence-corrected chi connectivity index (χ2v) is 14.9. The van der Waals surface area contributed by atoms with Crippen LogP contribution in [-0.2, 0) is 28.6 Å². The number of carboxylic acid groups (broad SMARTS) is 1. The molecule has 0 aliphatic rings. The second-order valence-electron chi connectivity index (χ2n) is 14.9. The molecule has 0 radical (unpaired) electrons. The van der Waals surface area contributed by atoms with Crippen LogP contribution in [0.3, 0.4) is 0 Å². The number of hydrogen-bond acceptors (Lipinski definition) is 6. The Balaban J connectivity index is 4.52. The summed E-state index contributed by atoms with van der Waals surface area (Å²) < 4.78 is 17.2. The molecule has 8 heteroatoms. The van der Waals surface area contributed by atoms with Crippen LogP contribution < -0.4 is 0 Å². The predicted molar refractivity (Wildman–Crippen MR) is 242 cm³/mol. The quantitative estimate of drug-likeness (QED) is 0.0221. The van der Waals surface area contributed by atoms with Gasteiger partial charge < -0.3 is 23.8 Å². The number of ether oxygens (including phenoxy) is 3. The summed E-state index contributed by atoms with van der Waals surface area (Å²) in [5.41, 5.74) is 0. The molecule has 0 aliphatic carbocycles. The largest absolute Gasteiger partial charge is 0.477 e. The van der Waals surface area contributed by atoms with Gasteiger partial charge in [-0.2, -0.15) is 0 Å². The Morgan fingerprint density at radius 1 is 0.534 bits per heavy atom. The lowest BCUT2D eigenvalue weighted by atomic mass is 10.1. The summed E-state index contributed by atoms with van der Waals surface area (Å²) >= 11 is 0. The Bertz CT molecular complexity index is 1350. The highest BCUT2D eigenvalue weighted by atomic mass is 16.6. The highest BCUT2D eigenvalue weighted by Crippen LogP contribution is 2.11. The Morgan fingerprint density at radius 3 is 1.55 bits per heavy atom. The zero-order chi connectivity index (χ0) is 42.8. The molecule has 1 N–H and O–H groups in total. The summed E-state index contributed by atoms with van der Waals surface area (Å²) in [5.74, 6) is -1.60. The van der Waals surface area contributed by atoms with Crippen LogP contribution in [0.15, 0.2) is 122 Å². The Labute approximate surface area is 352 Å². The summed E-state index contributed by atoms with van der Waals surface area (Å²) in [6.45, 7) is 4.35. The molecule has 0 fully saturated rings. The lowest BCUT2D eigenvalue weighted by Crippen LogP contribution is -2.50. The highest BCUT2D eigenvalue weighted by molar-refractivity contribution is 5.72. The van der Waals surface area contributed by atoms with Gasteiger partial charge in [0.1, 0.15) is 6.61 Å². The molecule has 2 unspecified atom stereocenters. The second kappa shape index (κ2) is 39.6. The molecule has 0 aromatic heterocycles. The third-order valence-electron chi connectivity index (χ3n) is 8.70. The number of allylic oxidation sites excluding steroid dienone is 20. The van der Waals surface area contributed by atoms with Crippen molar-refractivity contribution < 1.29 is 38.2 Å². The van der Waals surface area contributed by atoms with Gasteiger partial charge in [0, 0.05) is 19.3 Å². The lowest BCUT2D eigenvalue weighted by molar-refractivity contribution is -0.887. The molecule has 0 aliphatic heterocycles. The van der Waals surface area contributed by atoms with Gasteiger partial charge in [0.05, 0.1) is 34.4 Å². The Hall–Kier alpha value is -4.27. The van der Waals surface area contributed by atoms with Crippen molar-refractivity contribution in [2.24, 2.45) is 0 Å². The molecule has 0 aromatic carbocycles. The number of rotatable bonds is 36. The molecule has 0 saturated carbocycles. The van der Waals surface area contributed by atoms with E-state index in [0.717, 1.165) is 77.0 Å². The molecule has 0 spiro atoms.